The number of hydrogen-bond acceptors (Lipinski definition) is 7. The predicted octanol–water partition coefficient (Wildman–Crippen LogP) is 4.64. The van der Waals surface area contributed by atoms with Crippen LogP contribution in [0.3, 0.4) is 0 Å². The van der Waals surface area contributed by atoms with E-state index in [1.165, 1.54) is 30.0 Å². The van der Waals surface area contributed by atoms with Gasteiger partial charge < -0.3 is 10.1 Å². The average Bonchev–Trinajstić information content (AvgIpc) is 3.15. The highest BCUT2D eigenvalue weighted by atomic mass is 35.5. The monoisotopic (exact) mass is 473 g/mol. The average molecular weight is 474 g/mol. The second-order valence-electron chi connectivity index (χ2n) is 6.66. The Morgan fingerprint density at radius 2 is 2.06 bits per heavy atom. The first-order valence-electron chi connectivity index (χ1n) is 9.46. The lowest BCUT2D eigenvalue weighted by Crippen LogP contribution is -2.15. The summed E-state index contributed by atoms with van der Waals surface area (Å²) in [4.78, 5) is 22.7. The molecule has 0 radical (unpaired) electrons. The molecule has 2 aromatic carbocycles. The molecule has 0 spiro atoms. The Bertz CT molecular complexity index is 1130. The summed E-state index contributed by atoms with van der Waals surface area (Å²) in [6.45, 7) is 6.40. The molecule has 0 atom stereocenters. The summed E-state index contributed by atoms with van der Waals surface area (Å²) < 4.78 is 7.58. The van der Waals surface area contributed by atoms with Crippen LogP contribution in [0.4, 0.5) is 11.4 Å². The molecule has 3 aromatic rings. The van der Waals surface area contributed by atoms with Crippen LogP contribution in [-0.2, 0) is 17.9 Å². The number of carbonyl (C=O) groups is 1. The number of benzene rings is 2. The van der Waals surface area contributed by atoms with E-state index in [1.807, 2.05) is 31.2 Å². The number of aryl methyl sites for hydroxylation is 1. The predicted molar refractivity (Wildman–Crippen MR) is 123 cm³/mol. The van der Waals surface area contributed by atoms with Gasteiger partial charge in [0.25, 0.3) is 5.69 Å². The number of aromatic nitrogens is 3. The van der Waals surface area contributed by atoms with Gasteiger partial charge in [-0.25, -0.2) is 0 Å². The lowest BCUT2D eigenvalue weighted by molar-refractivity contribution is -0.384. The van der Waals surface area contributed by atoms with Gasteiger partial charge in [-0.3, -0.25) is 19.5 Å². The number of non-ortho nitro benzene ring substituents is 1. The van der Waals surface area contributed by atoms with Crippen molar-refractivity contribution in [3.8, 4) is 5.75 Å². The molecule has 166 valence electrons. The first kappa shape index (κ1) is 23.3. The van der Waals surface area contributed by atoms with E-state index >= 15 is 0 Å². The largest absolute Gasteiger partial charge is 0.486 e. The zero-order chi connectivity index (χ0) is 23.1. The number of rotatable bonds is 10. The smallest absolute Gasteiger partial charge is 0.271 e. The summed E-state index contributed by atoms with van der Waals surface area (Å²) in [7, 11) is 0. The van der Waals surface area contributed by atoms with E-state index < -0.39 is 4.92 Å². The van der Waals surface area contributed by atoms with Crippen LogP contribution in [0.5, 0.6) is 5.75 Å². The number of hydrogen-bond donors (Lipinski definition) is 1. The molecule has 11 heteroatoms. The van der Waals surface area contributed by atoms with E-state index in [1.54, 1.807) is 10.6 Å². The minimum Gasteiger partial charge on any atom is -0.486 e. The van der Waals surface area contributed by atoms with Gasteiger partial charge in [0.05, 0.1) is 21.4 Å². The van der Waals surface area contributed by atoms with Gasteiger partial charge >= 0.3 is 0 Å². The van der Waals surface area contributed by atoms with Crippen LogP contribution >= 0.6 is 23.4 Å². The van der Waals surface area contributed by atoms with Crippen molar-refractivity contribution in [3.05, 3.63) is 81.6 Å². The summed E-state index contributed by atoms with van der Waals surface area (Å²) >= 11 is 7.20. The molecular weight excluding hydrogens is 454 g/mol. The minimum atomic E-state index is -0.557. The molecule has 32 heavy (non-hydrogen) atoms. The number of carbonyl (C=O) groups excluding carboxylic acids is 1. The molecule has 0 saturated carbocycles. The number of nitro benzene ring substituents is 1. The molecule has 9 nitrogen and oxygen atoms in total. The first-order chi connectivity index (χ1) is 15.4. The molecule has 1 heterocycles. The highest BCUT2D eigenvalue weighted by Crippen LogP contribution is 2.27. The molecule has 0 fully saturated rings. The Balaban J connectivity index is 1.63. The Morgan fingerprint density at radius 1 is 1.31 bits per heavy atom. The van der Waals surface area contributed by atoms with E-state index in [-0.39, 0.29) is 34.7 Å². The van der Waals surface area contributed by atoms with Gasteiger partial charge in [-0.05, 0) is 25.1 Å². The van der Waals surface area contributed by atoms with Gasteiger partial charge in [-0.1, -0.05) is 47.1 Å². The summed E-state index contributed by atoms with van der Waals surface area (Å²) in [6.07, 6.45) is 1.70. The van der Waals surface area contributed by atoms with Crippen LogP contribution in [0, 0.1) is 17.0 Å². The topological polar surface area (TPSA) is 112 Å². The molecule has 0 unspecified atom stereocenters. The fourth-order valence-electron chi connectivity index (χ4n) is 2.67. The maximum Gasteiger partial charge on any atom is 0.271 e. The zero-order valence-electron chi connectivity index (χ0n) is 17.2. The normalized spacial score (nSPS) is 10.6. The second-order valence-corrected chi connectivity index (χ2v) is 8.01. The van der Waals surface area contributed by atoms with E-state index in [9.17, 15) is 14.9 Å². The van der Waals surface area contributed by atoms with Crippen molar-refractivity contribution >= 4 is 40.6 Å². The summed E-state index contributed by atoms with van der Waals surface area (Å²) in [5.74, 6) is 0.928. The van der Waals surface area contributed by atoms with Crippen LogP contribution in [0.1, 0.15) is 11.4 Å². The number of amides is 1. The van der Waals surface area contributed by atoms with Crippen molar-refractivity contribution in [2.75, 3.05) is 11.1 Å². The number of nitrogens with one attached hydrogen (secondary N) is 1. The quantitative estimate of drug-likeness (QED) is 0.197. The van der Waals surface area contributed by atoms with Gasteiger partial charge in [-0.2, -0.15) is 0 Å². The number of allylic oxidation sites excluding steroid dienone is 1. The summed E-state index contributed by atoms with van der Waals surface area (Å²) in [5, 5.41) is 22.6. The molecule has 1 N–H and O–H groups in total. The third-order valence-corrected chi connectivity index (χ3v) is 5.56. The third kappa shape index (κ3) is 6.08. The maximum atomic E-state index is 12.4. The fourth-order valence-corrected chi connectivity index (χ4v) is 3.60. The lowest BCUT2D eigenvalue weighted by atomic mass is 10.2. The second kappa shape index (κ2) is 10.8. The van der Waals surface area contributed by atoms with Gasteiger partial charge in [0.15, 0.2) is 11.0 Å². The molecule has 1 amide bonds. The number of ether oxygens (including phenoxy) is 1. The van der Waals surface area contributed by atoms with E-state index in [0.717, 1.165) is 5.56 Å². The Morgan fingerprint density at radius 3 is 2.75 bits per heavy atom. The number of thioether (sulfide) groups is 1. The molecule has 0 bridgehead atoms. The zero-order valence-corrected chi connectivity index (χ0v) is 18.7. The minimum absolute atomic E-state index is 0.00706. The maximum absolute atomic E-state index is 12.4. The Labute approximate surface area is 193 Å². The van der Waals surface area contributed by atoms with E-state index in [0.29, 0.717) is 23.3 Å². The molecular formula is C21H20ClN5O4S. The molecule has 1 aromatic heterocycles. The highest BCUT2D eigenvalue weighted by molar-refractivity contribution is 7.99. The summed E-state index contributed by atoms with van der Waals surface area (Å²) in [5.41, 5.74) is 1.14. The molecule has 0 aliphatic heterocycles. The third-order valence-electron chi connectivity index (χ3n) is 4.26. The van der Waals surface area contributed by atoms with Crippen LogP contribution in [0.2, 0.25) is 5.02 Å². The van der Waals surface area contributed by atoms with Crippen molar-refractivity contribution in [2.24, 2.45) is 0 Å². The molecule has 0 aliphatic rings. The fraction of sp³-hybridized carbons (Fsp3) is 0.190. The van der Waals surface area contributed by atoms with Crippen molar-refractivity contribution in [1.82, 2.24) is 14.8 Å². The standard InChI is InChI=1S/C21H20ClN5O4S/c1-3-10-26-19(12-31-16-7-4-14(2)5-8-16)24-25-21(26)32-13-20(28)23-18-11-15(27(29)30)6-9-17(18)22/h3-9,11H,1,10,12-13H2,2H3,(H,23,28). The van der Waals surface area contributed by atoms with Crippen molar-refractivity contribution in [2.45, 2.75) is 25.2 Å². The van der Waals surface area contributed by atoms with Crippen molar-refractivity contribution in [3.63, 3.8) is 0 Å². The highest BCUT2D eigenvalue weighted by Gasteiger charge is 2.16. The van der Waals surface area contributed by atoms with E-state index in [2.05, 4.69) is 22.1 Å². The SMILES string of the molecule is C=CCn1c(COc2ccc(C)cc2)nnc1SCC(=O)Nc1cc([N+](=O)[O-])ccc1Cl. The number of nitro groups is 1. The van der Waals surface area contributed by atoms with Gasteiger partial charge in [0, 0.05) is 18.7 Å². The molecule has 3 rings (SSSR count). The lowest BCUT2D eigenvalue weighted by Gasteiger charge is -2.10. The van der Waals surface area contributed by atoms with Crippen LogP contribution in [0.15, 0.2) is 60.3 Å². The number of anilines is 1. The number of halogens is 1. The Kier molecular flexibility index (Phi) is 7.85. The van der Waals surface area contributed by atoms with Crippen LogP contribution in [-0.4, -0.2) is 31.3 Å². The van der Waals surface area contributed by atoms with Crippen LogP contribution in [0.25, 0.3) is 0 Å². The van der Waals surface area contributed by atoms with Gasteiger partial charge in [0.2, 0.25) is 5.91 Å². The van der Waals surface area contributed by atoms with Gasteiger partial charge in [-0.15, -0.1) is 16.8 Å². The summed E-state index contributed by atoms with van der Waals surface area (Å²) in [6, 6.07) is 11.5. The Hall–Kier alpha value is -3.37. The number of nitrogens with zero attached hydrogens (tertiary/aromatic N) is 4. The molecule has 0 saturated heterocycles. The van der Waals surface area contributed by atoms with E-state index in [4.69, 9.17) is 16.3 Å². The first-order valence-corrected chi connectivity index (χ1v) is 10.8. The van der Waals surface area contributed by atoms with Gasteiger partial charge in [0.1, 0.15) is 12.4 Å². The van der Waals surface area contributed by atoms with Crippen molar-refractivity contribution < 1.29 is 14.5 Å². The molecule has 0 aliphatic carbocycles. The van der Waals surface area contributed by atoms with Crippen molar-refractivity contribution in [1.29, 1.82) is 0 Å². The van der Waals surface area contributed by atoms with Crippen LogP contribution < -0.4 is 10.1 Å².